The van der Waals surface area contributed by atoms with E-state index >= 15 is 0 Å². The fourth-order valence-corrected chi connectivity index (χ4v) is 4.80. The summed E-state index contributed by atoms with van der Waals surface area (Å²) in [5.41, 5.74) is 1.63. The maximum atomic E-state index is 13.6. The minimum atomic E-state index is -3.44. The second-order valence-electron chi connectivity index (χ2n) is 5.81. The minimum Gasteiger partial charge on any atom is -0.368 e. The number of halogens is 2. The number of benzene rings is 2. The summed E-state index contributed by atoms with van der Waals surface area (Å²) in [5, 5.41) is 3.94. The van der Waals surface area contributed by atoms with Crippen molar-refractivity contribution in [3.8, 4) is 0 Å². The summed E-state index contributed by atoms with van der Waals surface area (Å²) in [5.74, 6) is -0.626. The molecule has 0 saturated carbocycles. The highest BCUT2D eigenvalue weighted by Crippen LogP contribution is 2.61. The molecule has 4 nitrogen and oxygen atoms in total. The molecule has 1 unspecified atom stereocenters. The van der Waals surface area contributed by atoms with E-state index in [1.165, 1.54) is 0 Å². The van der Waals surface area contributed by atoms with Crippen LogP contribution in [0.2, 0.25) is 5.02 Å². The van der Waals surface area contributed by atoms with Crippen LogP contribution in [0.25, 0.3) is 0 Å². The quantitative estimate of drug-likeness (QED) is 0.379. The van der Waals surface area contributed by atoms with E-state index in [2.05, 4.69) is 21.2 Å². The van der Waals surface area contributed by atoms with E-state index < -0.39 is 13.4 Å². The fraction of sp³-hybridized carbons (Fsp3) is 0.368. The second kappa shape index (κ2) is 10.5. The molecule has 0 radical (unpaired) electrons. The van der Waals surface area contributed by atoms with Crippen molar-refractivity contribution in [1.82, 2.24) is 0 Å². The van der Waals surface area contributed by atoms with Crippen molar-refractivity contribution in [2.45, 2.75) is 32.5 Å². The van der Waals surface area contributed by atoms with E-state index in [0.717, 1.165) is 28.6 Å². The van der Waals surface area contributed by atoms with E-state index in [-0.39, 0.29) is 0 Å². The fourth-order valence-electron chi connectivity index (χ4n) is 2.32. The van der Waals surface area contributed by atoms with Crippen molar-refractivity contribution < 1.29 is 13.6 Å². The van der Waals surface area contributed by atoms with Crippen molar-refractivity contribution in [2.75, 3.05) is 18.5 Å². The molecule has 0 aliphatic rings. The summed E-state index contributed by atoms with van der Waals surface area (Å²) in [6, 6.07) is 14.9. The molecule has 0 aliphatic carbocycles. The van der Waals surface area contributed by atoms with Crippen LogP contribution in [-0.2, 0) is 13.6 Å². The zero-order chi connectivity index (χ0) is 19.0. The third-order valence-corrected chi connectivity index (χ3v) is 6.53. The molecule has 0 fully saturated rings. The Kier molecular flexibility index (Phi) is 8.65. The van der Waals surface area contributed by atoms with Crippen molar-refractivity contribution in [2.24, 2.45) is 0 Å². The minimum absolute atomic E-state index is 0.368. The number of rotatable bonds is 10. The molecular weight excluding hydrogens is 437 g/mol. The average Bonchev–Trinajstić information content (AvgIpc) is 2.65. The number of nitrogens with one attached hydrogen (secondary N) is 1. The van der Waals surface area contributed by atoms with Crippen LogP contribution in [0, 0.1) is 0 Å². The third-order valence-electron chi connectivity index (χ3n) is 3.60. The lowest BCUT2D eigenvalue weighted by Crippen LogP contribution is -2.16. The number of hydrogen-bond acceptors (Lipinski definition) is 4. The monoisotopic (exact) mass is 459 g/mol. The third kappa shape index (κ3) is 6.11. The molecule has 2 aromatic carbocycles. The molecule has 0 spiro atoms. The molecule has 0 saturated heterocycles. The van der Waals surface area contributed by atoms with Crippen LogP contribution >= 0.6 is 35.1 Å². The van der Waals surface area contributed by atoms with Crippen molar-refractivity contribution in [3.63, 3.8) is 0 Å². The van der Waals surface area contributed by atoms with Gasteiger partial charge in [0.15, 0.2) is 5.78 Å². The lowest BCUT2D eigenvalue weighted by atomic mass is 10.2. The van der Waals surface area contributed by atoms with Gasteiger partial charge in [-0.05, 0) is 54.8 Å². The molecule has 142 valence electrons. The van der Waals surface area contributed by atoms with Gasteiger partial charge in [0, 0.05) is 15.2 Å². The summed E-state index contributed by atoms with van der Waals surface area (Å²) in [6.07, 6.45) is 1.51. The van der Waals surface area contributed by atoms with Gasteiger partial charge in [-0.2, -0.15) is 0 Å². The predicted molar refractivity (Wildman–Crippen MR) is 112 cm³/mol. The Labute approximate surface area is 168 Å². The highest BCUT2D eigenvalue weighted by atomic mass is 79.9. The Bertz CT molecular complexity index is 713. The second-order valence-corrected chi connectivity index (χ2v) is 9.28. The highest BCUT2D eigenvalue weighted by Gasteiger charge is 2.37. The average molecular weight is 461 g/mol. The van der Waals surface area contributed by atoms with Gasteiger partial charge in [0.25, 0.3) is 0 Å². The van der Waals surface area contributed by atoms with E-state index in [1.807, 2.05) is 50.2 Å². The summed E-state index contributed by atoms with van der Waals surface area (Å²) < 4.78 is 26.1. The Morgan fingerprint density at radius 2 is 1.54 bits per heavy atom. The van der Waals surface area contributed by atoms with Gasteiger partial charge in [-0.15, -0.1) is 0 Å². The smallest absolute Gasteiger partial charge is 0.357 e. The van der Waals surface area contributed by atoms with Gasteiger partial charge in [-0.25, -0.2) is 0 Å². The molecular formula is C19H24BrClNO3P. The summed E-state index contributed by atoms with van der Waals surface area (Å²) in [7, 11) is -3.44. The van der Waals surface area contributed by atoms with Crippen LogP contribution in [0.1, 0.15) is 38.0 Å². The lowest BCUT2D eigenvalue weighted by Gasteiger charge is -2.29. The Morgan fingerprint density at radius 3 is 2.04 bits per heavy atom. The SMILES string of the molecule is CCCOP(=O)(OCCC)C(Nc1ccc(Br)cc1)c1ccc(Cl)cc1. The van der Waals surface area contributed by atoms with Crippen LogP contribution < -0.4 is 5.32 Å². The van der Waals surface area contributed by atoms with Crippen LogP contribution in [0.4, 0.5) is 5.69 Å². The molecule has 0 amide bonds. The number of anilines is 1. The van der Waals surface area contributed by atoms with Gasteiger partial charge in [-0.3, -0.25) is 4.57 Å². The summed E-state index contributed by atoms with van der Waals surface area (Å²) in [4.78, 5) is 0. The first-order valence-electron chi connectivity index (χ1n) is 8.65. The topological polar surface area (TPSA) is 47.6 Å². The first kappa shape index (κ1) is 21.5. The highest BCUT2D eigenvalue weighted by molar-refractivity contribution is 9.10. The molecule has 0 aromatic heterocycles. The van der Waals surface area contributed by atoms with Gasteiger partial charge < -0.3 is 14.4 Å². The molecule has 1 atom stereocenters. The molecule has 0 heterocycles. The van der Waals surface area contributed by atoms with Crippen molar-refractivity contribution >= 4 is 40.8 Å². The zero-order valence-corrected chi connectivity index (χ0v) is 18.2. The number of hydrogen-bond donors (Lipinski definition) is 1. The summed E-state index contributed by atoms with van der Waals surface area (Å²) in [6.45, 7) is 4.69. The van der Waals surface area contributed by atoms with Crippen LogP contribution in [-0.4, -0.2) is 13.2 Å². The van der Waals surface area contributed by atoms with Gasteiger partial charge >= 0.3 is 7.60 Å². The van der Waals surface area contributed by atoms with E-state index in [4.69, 9.17) is 20.6 Å². The lowest BCUT2D eigenvalue weighted by molar-refractivity contribution is 0.199. The molecule has 2 rings (SSSR count). The van der Waals surface area contributed by atoms with Gasteiger partial charge in [0.05, 0.1) is 13.2 Å². The van der Waals surface area contributed by atoms with Gasteiger partial charge in [0.1, 0.15) is 0 Å². The summed E-state index contributed by atoms with van der Waals surface area (Å²) >= 11 is 9.44. The molecule has 7 heteroatoms. The zero-order valence-electron chi connectivity index (χ0n) is 15.0. The van der Waals surface area contributed by atoms with Crippen molar-refractivity contribution in [1.29, 1.82) is 0 Å². The molecule has 26 heavy (non-hydrogen) atoms. The molecule has 0 bridgehead atoms. The maximum Gasteiger partial charge on any atom is 0.357 e. The van der Waals surface area contributed by atoms with Gasteiger partial charge in [0.2, 0.25) is 0 Å². The Hall–Kier alpha value is -0.840. The van der Waals surface area contributed by atoms with E-state index in [1.54, 1.807) is 12.1 Å². The van der Waals surface area contributed by atoms with Gasteiger partial charge in [-0.1, -0.05) is 53.5 Å². The van der Waals surface area contributed by atoms with Crippen LogP contribution in [0.3, 0.4) is 0 Å². The van der Waals surface area contributed by atoms with E-state index in [0.29, 0.717) is 18.2 Å². The van der Waals surface area contributed by atoms with Crippen LogP contribution in [0.15, 0.2) is 53.0 Å². The Morgan fingerprint density at radius 1 is 1.00 bits per heavy atom. The first-order valence-corrected chi connectivity index (χ1v) is 11.4. The maximum absolute atomic E-state index is 13.6. The molecule has 0 aliphatic heterocycles. The Balaban J connectivity index is 2.39. The van der Waals surface area contributed by atoms with E-state index in [9.17, 15) is 4.57 Å². The molecule has 1 N–H and O–H groups in total. The first-order chi connectivity index (χ1) is 12.5. The van der Waals surface area contributed by atoms with Crippen molar-refractivity contribution in [3.05, 3.63) is 63.6 Å². The normalized spacial score (nSPS) is 12.8. The standard InChI is InChI=1S/C19H24BrClNO3P/c1-3-13-24-26(23,25-14-4-2)19(15-5-9-17(21)10-6-15)22-18-11-7-16(20)8-12-18/h5-12,19,22H,3-4,13-14H2,1-2H3. The largest absolute Gasteiger partial charge is 0.368 e. The van der Waals surface area contributed by atoms with Crippen LogP contribution in [0.5, 0.6) is 0 Å². The molecule has 2 aromatic rings. The predicted octanol–water partition coefficient (Wildman–Crippen LogP) is 7.26.